The van der Waals surface area contributed by atoms with Crippen LogP contribution in [0.15, 0.2) is 12.1 Å². The standard InChI is InChI=1S/C13H17N3O5/c1-8-7-9(5-6-21-8)14-12-11(16(18)19)4-3-10(15-12)13(17)20-2/h3-4,8-9H,5-7H2,1-2H3,(H,14,15). The second-order valence-electron chi connectivity index (χ2n) is 4.86. The average Bonchev–Trinajstić information content (AvgIpc) is 2.46. The van der Waals surface area contributed by atoms with Crippen LogP contribution in [-0.4, -0.2) is 41.7 Å². The summed E-state index contributed by atoms with van der Waals surface area (Å²) in [6.07, 6.45) is 1.53. The lowest BCUT2D eigenvalue weighted by Gasteiger charge is -2.28. The summed E-state index contributed by atoms with van der Waals surface area (Å²) >= 11 is 0. The van der Waals surface area contributed by atoms with Crippen LogP contribution in [0.5, 0.6) is 0 Å². The van der Waals surface area contributed by atoms with Gasteiger partial charge in [-0.05, 0) is 25.8 Å². The fraction of sp³-hybridized carbons (Fsp3) is 0.538. The summed E-state index contributed by atoms with van der Waals surface area (Å²) in [5, 5.41) is 14.1. The van der Waals surface area contributed by atoms with E-state index in [0.717, 1.165) is 12.8 Å². The minimum absolute atomic E-state index is 0.0212. The van der Waals surface area contributed by atoms with E-state index in [9.17, 15) is 14.9 Å². The highest BCUT2D eigenvalue weighted by molar-refractivity contribution is 5.88. The van der Waals surface area contributed by atoms with Crippen molar-refractivity contribution in [2.24, 2.45) is 0 Å². The summed E-state index contributed by atoms with van der Waals surface area (Å²) < 4.78 is 10.0. The number of methoxy groups -OCH3 is 1. The Morgan fingerprint density at radius 3 is 2.95 bits per heavy atom. The average molecular weight is 295 g/mol. The first kappa shape index (κ1) is 15.2. The topological polar surface area (TPSA) is 104 Å². The Bertz CT molecular complexity index is 549. The van der Waals surface area contributed by atoms with E-state index in [1.54, 1.807) is 0 Å². The molecule has 0 spiro atoms. The number of carbonyl (C=O) groups is 1. The maximum atomic E-state index is 11.5. The zero-order valence-electron chi connectivity index (χ0n) is 11.9. The van der Waals surface area contributed by atoms with Crippen molar-refractivity contribution in [1.82, 2.24) is 4.98 Å². The van der Waals surface area contributed by atoms with Gasteiger partial charge in [0.2, 0.25) is 5.82 Å². The van der Waals surface area contributed by atoms with Gasteiger partial charge < -0.3 is 14.8 Å². The van der Waals surface area contributed by atoms with Gasteiger partial charge in [-0.1, -0.05) is 0 Å². The number of ether oxygens (including phenoxy) is 2. The molecule has 0 aliphatic carbocycles. The van der Waals surface area contributed by atoms with Crippen LogP contribution in [0, 0.1) is 10.1 Å². The predicted octanol–water partition coefficient (Wildman–Crippen LogP) is 1.76. The van der Waals surface area contributed by atoms with Crippen molar-refractivity contribution in [1.29, 1.82) is 0 Å². The molecule has 1 aliphatic heterocycles. The molecule has 0 radical (unpaired) electrons. The number of nitrogens with one attached hydrogen (secondary N) is 1. The van der Waals surface area contributed by atoms with Gasteiger partial charge in [0.05, 0.1) is 18.1 Å². The Morgan fingerprint density at radius 1 is 1.57 bits per heavy atom. The molecule has 2 unspecified atom stereocenters. The van der Waals surface area contributed by atoms with Crippen LogP contribution in [0.2, 0.25) is 0 Å². The zero-order valence-corrected chi connectivity index (χ0v) is 11.9. The Hall–Kier alpha value is -2.22. The van der Waals surface area contributed by atoms with Gasteiger partial charge in [-0.3, -0.25) is 10.1 Å². The summed E-state index contributed by atoms with van der Waals surface area (Å²) in [7, 11) is 1.23. The lowest BCUT2D eigenvalue weighted by Crippen LogP contribution is -2.33. The molecule has 0 amide bonds. The van der Waals surface area contributed by atoms with Crippen LogP contribution in [0.1, 0.15) is 30.3 Å². The lowest BCUT2D eigenvalue weighted by atomic mass is 10.0. The van der Waals surface area contributed by atoms with E-state index < -0.39 is 10.9 Å². The number of hydrogen-bond donors (Lipinski definition) is 1. The van der Waals surface area contributed by atoms with E-state index in [4.69, 9.17) is 4.74 Å². The molecule has 1 saturated heterocycles. The van der Waals surface area contributed by atoms with Gasteiger partial charge >= 0.3 is 11.7 Å². The molecular formula is C13H17N3O5. The molecule has 8 nitrogen and oxygen atoms in total. The van der Waals surface area contributed by atoms with Gasteiger partial charge in [-0.25, -0.2) is 9.78 Å². The predicted molar refractivity (Wildman–Crippen MR) is 74.3 cm³/mol. The molecule has 1 aromatic rings. The van der Waals surface area contributed by atoms with Crippen molar-refractivity contribution < 1.29 is 19.2 Å². The van der Waals surface area contributed by atoms with Crippen LogP contribution < -0.4 is 5.32 Å². The quantitative estimate of drug-likeness (QED) is 0.512. The summed E-state index contributed by atoms with van der Waals surface area (Å²) in [6, 6.07) is 2.55. The third-order valence-electron chi connectivity index (χ3n) is 3.29. The van der Waals surface area contributed by atoms with Gasteiger partial charge in [0.1, 0.15) is 0 Å². The third kappa shape index (κ3) is 3.66. The zero-order chi connectivity index (χ0) is 15.4. The summed E-state index contributed by atoms with van der Waals surface area (Å²) in [4.78, 5) is 26.0. The fourth-order valence-corrected chi connectivity index (χ4v) is 2.25. The molecule has 1 aromatic heterocycles. The van der Waals surface area contributed by atoms with Gasteiger partial charge in [0.15, 0.2) is 5.69 Å². The van der Waals surface area contributed by atoms with Crippen molar-refractivity contribution in [2.75, 3.05) is 19.0 Å². The molecule has 1 fully saturated rings. The molecule has 1 aliphatic rings. The minimum atomic E-state index is -0.631. The van der Waals surface area contributed by atoms with E-state index in [2.05, 4.69) is 15.0 Å². The Kier molecular flexibility index (Phi) is 4.69. The Balaban J connectivity index is 2.25. The van der Waals surface area contributed by atoms with Crippen LogP contribution in [0.25, 0.3) is 0 Å². The number of esters is 1. The number of aromatic nitrogens is 1. The van der Waals surface area contributed by atoms with E-state index in [1.165, 1.54) is 19.2 Å². The van der Waals surface area contributed by atoms with Crippen molar-refractivity contribution in [3.05, 3.63) is 27.9 Å². The molecule has 0 aromatic carbocycles. The van der Waals surface area contributed by atoms with E-state index in [1.807, 2.05) is 6.92 Å². The normalized spacial score (nSPS) is 21.6. The van der Waals surface area contributed by atoms with Crippen LogP contribution in [0.4, 0.5) is 11.5 Å². The molecule has 114 valence electrons. The molecule has 2 heterocycles. The summed E-state index contributed by atoms with van der Waals surface area (Å²) in [5.74, 6) is -0.546. The number of rotatable bonds is 4. The molecular weight excluding hydrogens is 278 g/mol. The van der Waals surface area contributed by atoms with Crippen LogP contribution >= 0.6 is 0 Å². The summed E-state index contributed by atoms with van der Waals surface area (Å²) in [5.41, 5.74) is -0.132. The maximum Gasteiger partial charge on any atom is 0.356 e. The maximum absolute atomic E-state index is 11.5. The molecule has 0 saturated carbocycles. The van der Waals surface area contributed by atoms with E-state index in [-0.39, 0.29) is 29.3 Å². The Morgan fingerprint density at radius 2 is 2.33 bits per heavy atom. The number of pyridine rings is 1. The second-order valence-corrected chi connectivity index (χ2v) is 4.86. The fourth-order valence-electron chi connectivity index (χ4n) is 2.25. The first-order valence-electron chi connectivity index (χ1n) is 6.63. The molecule has 0 bridgehead atoms. The first-order valence-corrected chi connectivity index (χ1v) is 6.63. The summed E-state index contributed by atoms with van der Waals surface area (Å²) in [6.45, 7) is 2.53. The molecule has 2 rings (SSSR count). The first-order chi connectivity index (χ1) is 10.0. The number of hydrogen-bond acceptors (Lipinski definition) is 7. The highest BCUT2D eigenvalue weighted by Crippen LogP contribution is 2.26. The highest BCUT2D eigenvalue weighted by Gasteiger charge is 2.24. The van der Waals surface area contributed by atoms with Gasteiger partial charge in [-0.2, -0.15) is 0 Å². The second kappa shape index (κ2) is 6.49. The molecule has 2 atom stereocenters. The molecule has 21 heavy (non-hydrogen) atoms. The number of nitro groups is 1. The largest absolute Gasteiger partial charge is 0.464 e. The third-order valence-corrected chi connectivity index (χ3v) is 3.29. The van der Waals surface area contributed by atoms with Gasteiger partial charge in [0, 0.05) is 18.7 Å². The molecule has 1 N–H and O–H groups in total. The van der Waals surface area contributed by atoms with Crippen molar-refractivity contribution in [3.63, 3.8) is 0 Å². The lowest BCUT2D eigenvalue weighted by molar-refractivity contribution is -0.384. The smallest absolute Gasteiger partial charge is 0.356 e. The van der Waals surface area contributed by atoms with Crippen molar-refractivity contribution in [2.45, 2.75) is 31.9 Å². The molecule has 8 heteroatoms. The van der Waals surface area contributed by atoms with Crippen molar-refractivity contribution in [3.8, 4) is 0 Å². The van der Waals surface area contributed by atoms with E-state index >= 15 is 0 Å². The van der Waals surface area contributed by atoms with Crippen LogP contribution in [0.3, 0.4) is 0 Å². The van der Waals surface area contributed by atoms with Crippen molar-refractivity contribution >= 4 is 17.5 Å². The minimum Gasteiger partial charge on any atom is -0.464 e. The highest BCUT2D eigenvalue weighted by atomic mass is 16.6. The van der Waals surface area contributed by atoms with Gasteiger partial charge in [-0.15, -0.1) is 0 Å². The van der Waals surface area contributed by atoms with Gasteiger partial charge in [0.25, 0.3) is 0 Å². The number of nitrogens with zero attached hydrogens (tertiary/aromatic N) is 2. The Labute approximate surface area is 121 Å². The van der Waals surface area contributed by atoms with E-state index in [0.29, 0.717) is 6.61 Å². The number of anilines is 1. The van der Waals surface area contributed by atoms with Crippen LogP contribution in [-0.2, 0) is 9.47 Å². The monoisotopic (exact) mass is 295 g/mol. The SMILES string of the molecule is COC(=O)c1ccc([N+](=O)[O-])c(NC2CCOC(C)C2)n1. The number of carbonyl (C=O) groups excluding carboxylic acids is 1.